The molecule has 18 heavy (non-hydrogen) atoms. The van der Waals surface area contributed by atoms with E-state index in [1.807, 2.05) is 12.1 Å². The molecule has 1 saturated carbocycles. The van der Waals surface area contributed by atoms with Crippen LogP contribution in [0.5, 0.6) is 0 Å². The maximum Gasteiger partial charge on any atom is 0.238 e. The van der Waals surface area contributed by atoms with Crippen LogP contribution in [0.3, 0.4) is 0 Å². The molecule has 0 heterocycles. The first-order valence-corrected chi connectivity index (χ1v) is 7.95. The van der Waals surface area contributed by atoms with Gasteiger partial charge in [-0.2, -0.15) is 0 Å². The molecule has 1 aliphatic carbocycles. The van der Waals surface area contributed by atoms with E-state index >= 15 is 0 Å². The maximum atomic E-state index is 11.1. The molecular weight excluding hydrogens is 248 g/mol. The third-order valence-electron chi connectivity index (χ3n) is 3.45. The van der Waals surface area contributed by atoms with Crippen LogP contribution >= 0.6 is 0 Å². The number of hydrogen-bond donors (Lipinski definition) is 2. The molecule has 2 rings (SSSR count). The van der Waals surface area contributed by atoms with Gasteiger partial charge in [0.05, 0.1) is 4.90 Å². The molecule has 0 saturated heterocycles. The van der Waals surface area contributed by atoms with Crippen molar-refractivity contribution in [2.75, 3.05) is 0 Å². The Balaban J connectivity index is 1.90. The fraction of sp³-hybridized carbons (Fsp3) is 0.538. The lowest BCUT2D eigenvalue weighted by atomic mass is 9.95. The molecule has 0 amide bonds. The van der Waals surface area contributed by atoms with Crippen LogP contribution in [0.4, 0.5) is 0 Å². The van der Waals surface area contributed by atoms with E-state index < -0.39 is 10.0 Å². The van der Waals surface area contributed by atoms with Gasteiger partial charge in [-0.3, -0.25) is 0 Å². The standard InChI is InChI=1S/C13H20N2O2S/c14-18(16,17)13-8-6-11(7-9-13)10-15-12-4-2-1-3-5-12/h6-9,12,15H,1-5,10H2,(H2,14,16,17). The molecule has 0 atom stereocenters. The van der Waals surface area contributed by atoms with Crippen molar-refractivity contribution in [3.8, 4) is 0 Å². The number of sulfonamides is 1. The van der Waals surface area contributed by atoms with E-state index in [0.717, 1.165) is 12.1 Å². The predicted molar refractivity (Wildman–Crippen MR) is 71.5 cm³/mol. The van der Waals surface area contributed by atoms with E-state index in [1.54, 1.807) is 12.1 Å². The van der Waals surface area contributed by atoms with Gasteiger partial charge in [-0.15, -0.1) is 0 Å². The highest BCUT2D eigenvalue weighted by Crippen LogP contribution is 2.18. The molecular formula is C13H20N2O2S. The summed E-state index contributed by atoms with van der Waals surface area (Å²) in [6.07, 6.45) is 6.45. The van der Waals surface area contributed by atoms with E-state index in [2.05, 4.69) is 5.32 Å². The number of rotatable bonds is 4. The van der Waals surface area contributed by atoms with Crippen LogP contribution in [0.1, 0.15) is 37.7 Å². The van der Waals surface area contributed by atoms with E-state index in [0.29, 0.717) is 6.04 Å². The maximum absolute atomic E-state index is 11.1. The molecule has 100 valence electrons. The fourth-order valence-corrected chi connectivity index (χ4v) is 2.88. The van der Waals surface area contributed by atoms with Crippen molar-refractivity contribution in [2.24, 2.45) is 5.14 Å². The summed E-state index contributed by atoms with van der Waals surface area (Å²) in [5.41, 5.74) is 1.09. The minimum absolute atomic E-state index is 0.170. The van der Waals surface area contributed by atoms with Crippen molar-refractivity contribution in [3.63, 3.8) is 0 Å². The zero-order valence-electron chi connectivity index (χ0n) is 10.4. The smallest absolute Gasteiger partial charge is 0.238 e. The highest BCUT2D eigenvalue weighted by atomic mass is 32.2. The third kappa shape index (κ3) is 3.80. The van der Waals surface area contributed by atoms with Crippen LogP contribution in [0.15, 0.2) is 29.2 Å². The lowest BCUT2D eigenvalue weighted by Gasteiger charge is -2.22. The average Bonchev–Trinajstić information content (AvgIpc) is 2.37. The van der Waals surface area contributed by atoms with E-state index in [-0.39, 0.29) is 4.90 Å². The van der Waals surface area contributed by atoms with Gasteiger partial charge in [-0.1, -0.05) is 31.4 Å². The molecule has 0 bridgehead atoms. The van der Waals surface area contributed by atoms with Gasteiger partial charge in [0.25, 0.3) is 0 Å². The summed E-state index contributed by atoms with van der Waals surface area (Å²) in [7, 11) is -3.58. The third-order valence-corrected chi connectivity index (χ3v) is 4.38. The van der Waals surface area contributed by atoms with Gasteiger partial charge < -0.3 is 5.32 Å². The molecule has 0 radical (unpaired) electrons. The topological polar surface area (TPSA) is 72.2 Å². The van der Waals surface area contributed by atoms with Crippen LogP contribution in [0.25, 0.3) is 0 Å². The summed E-state index contributed by atoms with van der Waals surface area (Å²) in [6, 6.07) is 7.36. The molecule has 1 aromatic rings. The Morgan fingerprint density at radius 3 is 2.28 bits per heavy atom. The normalized spacial score (nSPS) is 17.8. The van der Waals surface area contributed by atoms with Gasteiger partial charge >= 0.3 is 0 Å². The van der Waals surface area contributed by atoms with Crippen molar-refractivity contribution in [1.82, 2.24) is 5.32 Å². The first-order valence-electron chi connectivity index (χ1n) is 6.41. The second-order valence-corrected chi connectivity index (χ2v) is 6.47. The molecule has 1 fully saturated rings. The monoisotopic (exact) mass is 268 g/mol. The first kappa shape index (κ1) is 13.5. The second kappa shape index (κ2) is 5.82. The SMILES string of the molecule is NS(=O)(=O)c1ccc(CNC2CCCCC2)cc1. The number of benzene rings is 1. The molecule has 0 aliphatic heterocycles. The van der Waals surface area contributed by atoms with E-state index in [4.69, 9.17) is 5.14 Å². The summed E-state index contributed by atoms with van der Waals surface area (Å²) >= 11 is 0. The minimum atomic E-state index is -3.58. The highest BCUT2D eigenvalue weighted by Gasteiger charge is 2.12. The van der Waals surface area contributed by atoms with Crippen molar-refractivity contribution < 1.29 is 8.42 Å². The van der Waals surface area contributed by atoms with Crippen LogP contribution in [0.2, 0.25) is 0 Å². The Morgan fingerprint density at radius 2 is 1.72 bits per heavy atom. The Bertz CT molecular complexity index is 476. The summed E-state index contributed by atoms with van der Waals surface area (Å²) in [4.78, 5) is 0.170. The Hall–Kier alpha value is -0.910. The van der Waals surface area contributed by atoms with Crippen molar-refractivity contribution in [3.05, 3.63) is 29.8 Å². The van der Waals surface area contributed by atoms with Crippen molar-refractivity contribution in [2.45, 2.75) is 49.6 Å². The molecule has 0 unspecified atom stereocenters. The van der Waals surface area contributed by atoms with Gasteiger partial charge in [-0.25, -0.2) is 13.6 Å². The van der Waals surface area contributed by atoms with E-state index in [1.165, 1.54) is 32.1 Å². The zero-order chi connectivity index (χ0) is 13.0. The van der Waals surface area contributed by atoms with Gasteiger partial charge in [-0.05, 0) is 30.5 Å². The van der Waals surface area contributed by atoms with Crippen LogP contribution in [-0.4, -0.2) is 14.5 Å². The number of hydrogen-bond acceptors (Lipinski definition) is 3. The Kier molecular flexibility index (Phi) is 4.37. The minimum Gasteiger partial charge on any atom is -0.310 e. The summed E-state index contributed by atoms with van der Waals surface area (Å²) in [6.45, 7) is 0.787. The largest absolute Gasteiger partial charge is 0.310 e. The predicted octanol–water partition coefficient (Wildman–Crippen LogP) is 1.76. The Labute approximate surface area is 109 Å². The second-order valence-electron chi connectivity index (χ2n) is 4.90. The van der Waals surface area contributed by atoms with Crippen LogP contribution < -0.4 is 10.5 Å². The number of nitrogens with two attached hydrogens (primary N) is 1. The summed E-state index contributed by atoms with van der Waals surface area (Å²) < 4.78 is 22.2. The summed E-state index contributed by atoms with van der Waals surface area (Å²) in [5.74, 6) is 0. The average molecular weight is 268 g/mol. The van der Waals surface area contributed by atoms with Gasteiger partial charge in [0.1, 0.15) is 0 Å². The molecule has 1 aliphatic rings. The zero-order valence-corrected chi connectivity index (χ0v) is 11.2. The van der Waals surface area contributed by atoms with E-state index in [9.17, 15) is 8.42 Å². The van der Waals surface area contributed by atoms with Crippen molar-refractivity contribution in [1.29, 1.82) is 0 Å². The summed E-state index contributed by atoms with van der Waals surface area (Å²) in [5, 5.41) is 8.57. The lowest BCUT2D eigenvalue weighted by Crippen LogP contribution is -2.30. The molecule has 3 N–H and O–H groups in total. The number of primary sulfonamides is 1. The van der Waals surface area contributed by atoms with Gasteiger partial charge in [0.2, 0.25) is 10.0 Å². The molecule has 0 spiro atoms. The quantitative estimate of drug-likeness (QED) is 0.874. The fourth-order valence-electron chi connectivity index (χ4n) is 2.37. The van der Waals surface area contributed by atoms with Crippen LogP contribution in [0, 0.1) is 0 Å². The molecule has 0 aromatic heterocycles. The van der Waals surface area contributed by atoms with Crippen LogP contribution in [-0.2, 0) is 16.6 Å². The molecule has 1 aromatic carbocycles. The van der Waals surface area contributed by atoms with Crippen molar-refractivity contribution >= 4 is 10.0 Å². The first-order chi connectivity index (χ1) is 8.55. The highest BCUT2D eigenvalue weighted by molar-refractivity contribution is 7.89. The molecule has 4 nitrogen and oxygen atoms in total. The number of nitrogens with one attached hydrogen (secondary N) is 1. The Morgan fingerprint density at radius 1 is 1.11 bits per heavy atom. The molecule has 5 heteroatoms. The lowest BCUT2D eigenvalue weighted by molar-refractivity contribution is 0.372. The van der Waals surface area contributed by atoms with Gasteiger partial charge in [0, 0.05) is 12.6 Å². The van der Waals surface area contributed by atoms with Gasteiger partial charge in [0.15, 0.2) is 0 Å².